The molecule has 1 heterocycles. The first kappa shape index (κ1) is 23.3. The minimum absolute atomic E-state index is 0. The molecule has 0 aliphatic heterocycles. The Bertz CT molecular complexity index is 955. The lowest BCUT2D eigenvalue weighted by atomic mass is 10.1. The number of nitrogens with zero attached hydrogens (tertiary/aromatic N) is 4. The Kier molecular flexibility index (Phi) is 9.09. The molecule has 0 aliphatic carbocycles. The summed E-state index contributed by atoms with van der Waals surface area (Å²) in [4.78, 5) is 4.74. The molecule has 29 heavy (non-hydrogen) atoms. The summed E-state index contributed by atoms with van der Waals surface area (Å²) in [5.74, 6) is 2.50. The van der Waals surface area contributed by atoms with Crippen LogP contribution in [0.5, 0.6) is 0 Å². The monoisotopic (exact) mass is 568 g/mol. The average molecular weight is 569 g/mol. The summed E-state index contributed by atoms with van der Waals surface area (Å²) >= 11 is 3.51. The number of aryl methyl sites for hydroxylation is 2. The van der Waals surface area contributed by atoms with Crippen LogP contribution in [-0.2, 0) is 26.7 Å². The van der Waals surface area contributed by atoms with Crippen LogP contribution >= 0.6 is 39.9 Å². The molecule has 2 aromatic carbocycles. The maximum absolute atomic E-state index is 4.74. The third kappa shape index (κ3) is 6.81. The summed E-state index contributed by atoms with van der Waals surface area (Å²) in [6.07, 6.45) is 0. The SMILES string of the molecule is Cc1cc(Br)ccc1CNC(=NCc1ccccc1)NCc1nnc(C)n1C.I. The zero-order valence-corrected chi connectivity index (χ0v) is 20.7. The van der Waals surface area contributed by atoms with Crippen LogP contribution in [0.15, 0.2) is 58.0 Å². The number of hydrogen-bond acceptors (Lipinski definition) is 3. The first-order valence-corrected chi connectivity index (χ1v) is 9.98. The summed E-state index contributed by atoms with van der Waals surface area (Å²) in [7, 11) is 1.96. The average Bonchev–Trinajstić information content (AvgIpc) is 3.01. The molecule has 154 valence electrons. The number of guanidine groups is 1. The van der Waals surface area contributed by atoms with Crippen molar-refractivity contribution in [1.29, 1.82) is 0 Å². The molecule has 0 bridgehead atoms. The number of aromatic nitrogens is 3. The molecular weight excluding hydrogens is 543 g/mol. The lowest BCUT2D eigenvalue weighted by Gasteiger charge is -2.14. The topological polar surface area (TPSA) is 67.1 Å². The molecule has 0 spiro atoms. The summed E-state index contributed by atoms with van der Waals surface area (Å²) in [6.45, 7) is 5.90. The Labute approximate surface area is 197 Å². The van der Waals surface area contributed by atoms with Crippen molar-refractivity contribution in [2.45, 2.75) is 33.5 Å². The van der Waals surface area contributed by atoms with Gasteiger partial charge in [-0.3, -0.25) is 0 Å². The Balaban J connectivity index is 0.00000300. The number of hydrogen-bond donors (Lipinski definition) is 2. The number of rotatable bonds is 6. The Hall–Kier alpha value is -1.94. The predicted molar refractivity (Wildman–Crippen MR) is 131 cm³/mol. The van der Waals surface area contributed by atoms with E-state index in [0.717, 1.165) is 27.6 Å². The van der Waals surface area contributed by atoms with Gasteiger partial charge in [-0.05, 0) is 42.7 Å². The van der Waals surface area contributed by atoms with E-state index in [4.69, 9.17) is 4.99 Å². The Morgan fingerprint density at radius 3 is 2.41 bits per heavy atom. The quantitative estimate of drug-likeness (QED) is 0.265. The number of nitrogens with one attached hydrogen (secondary N) is 2. The predicted octanol–water partition coefficient (Wildman–Crippen LogP) is 4.25. The van der Waals surface area contributed by atoms with E-state index in [1.807, 2.05) is 36.7 Å². The van der Waals surface area contributed by atoms with Crippen molar-refractivity contribution in [2.75, 3.05) is 0 Å². The molecule has 0 aliphatic rings. The van der Waals surface area contributed by atoms with Crippen LogP contribution in [0.2, 0.25) is 0 Å². The van der Waals surface area contributed by atoms with Gasteiger partial charge in [0.05, 0.1) is 13.1 Å². The lowest BCUT2D eigenvalue weighted by Crippen LogP contribution is -2.37. The Morgan fingerprint density at radius 1 is 1.03 bits per heavy atom. The smallest absolute Gasteiger partial charge is 0.192 e. The van der Waals surface area contributed by atoms with Crippen LogP contribution in [0, 0.1) is 13.8 Å². The van der Waals surface area contributed by atoms with Gasteiger partial charge in [0.1, 0.15) is 5.82 Å². The molecule has 0 saturated heterocycles. The van der Waals surface area contributed by atoms with Crippen molar-refractivity contribution in [2.24, 2.45) is 12.0 Å². The third-order valence-electron chi connectivity index (χ3n) is 4.61. The van der Waals surface area contributed by atoms with Crippen molar-refractivity contribution >= 4 is 45.9 Å². The second kappa shape index (κ2) is 11.3. The summed E-state index contributed by atoms with van der Waals surface area (Å²) in [5.41, 5.74) is 3.62. The molecule has 2 N–H and O–H groups in total. The van der Waals surface area contributed by atoms with Gasteiger partial charge >= 0.3 is 0 Å². The molecule has 0 fully saturated rings. The number of benzene rings is 2. The van der Waals surface area contributed by atoms with Crippen LogP contribution in [0.1, 0.15) is 28.3 Å². The van der Waals surface area contributed by atoms with Crippen LogP contribution in [0.4, 0.5) is 0 Å². The van der Waals surface area contributed by atoms with E-state index in [9.17, 15) is 0 Å². The molecule has 0 atom stereocenters. The fourth-order valence-electron chi connectivity index (χ4n) is 2.73. The third-order valence-corrected chi connectivity index (χ3v) is 5.10. The molecule has 3 aromatic rings. The highest BCUT2D eigenvalue weighted by Crippen LogP contribution is 2.15. The van der Waals surface area contributed by atoms with Crippen LogP contribution in [-0.4, -0.2) is 20.7 Å². The molecule has 0 amide bonds. The van der Waals surface area contributed by atoms with Crippen molar-refractivity contribution in [1.82, 2.24) is 25.4 Å². The highest BCUT2D eigenvalue weighted by atomic mass is 127. The maximum atomic E-state index is 4.74. The van der Waals surface area contributed by atoms with E-state index < -0.39 is 0 Å². The Morgan fingerprint density at radius 2 is 1.76 bits per heavy atom. The molecule has 6 nitrogen and oxygen atoms in total. The first-order valence-electron chi connectivity index (χ1n) is 9.19. The normalized spacial score (nSPS) is 11.1. The molecule has 3 rings (SSSR count). The van der Waals surface area contributed by atoms with E-state index >= 15 is 0 Å². The minimum atomic E-state index is 0. The highest BCUT2D eigenvalue weighted by molar-refractivity contribution is 14.0. The van der Waals surface area contributed by atoms with Crippen molar-refractivity contribution in [3.05, 3.63) is 81.3 Å². The van der Waals surface area contributed by atoms with Gasteiger partial charge in [-0.15, -0.1) is 34.2 Å². The van der Waals surface area contributed by atoms with E-state index in [2.05, 4.69) is 74.0 Å². The van der Waals surface area contributed by atoms with Gasteiger partial charge in [-0.25, -0.2) is 4.99 Å². The van der Waals surface area contributed by atoms with Gasteiger partial charge in [0.15, 0.2) is 11.8 Å². The van der Waals surface area contributed by atoms with Gasteiger partial charge in [0.25, 0.3) is 0 Å². The molecule has 0 unspecified atom stereocenters. The lowest BCUT2D eigenvalue weighted by molar-refractivity contribution is 0.714. The van der Waals surface area contributed by atoms with Gasteiger partial charge < -0.3 is 15.2 Å². The fourth-order valence-corrected chi connectivity index (χ4v) is 3.21. The van der Waals surface area contributed by atoms with E-state index in [-0.39, 0.29) is 24.0 Å². The molecular formula is C21H26BrIN6. The van der Waals surface area contributed by atoms with E-state index in [0.29, 0.717) is 19.6 Å². The van der Waals surface area contributed by atoms with Crippen LogP contribution in [0.25, 0.3) is 0 Å². The minimum Gasteiger partial charge on any atom is -0.352 e. The molecule has 0 saturated carbocycles. The summed E-state index contributed by atoms with van der Waals surface area (Å²) in [6, 6.07) is 16.5. The largest absolute Gasteiger partial charge is 0.352 e. The molecule has 0 radical (unpaired) electrons. The van der Waals surface area contributed by atoms with Crippen molar-refractivity contribution in [3.63, 3.8) is 0 Å². The van der Waals surface area contributed by atoms with E-state index in [1.165, 1.54) is 11.1 Å². The second-order valence-electron chi connectivity index (χ2n) is 6.65. The standard InChI is InChI=1S/C21H25BrN6.HI/c1-15-11-19(22)10-9-18(15)13-24-21(23-12-17-7-5-4-6-8-17)25-14-20-27-26-16(2)28(20)3;/h4-11H,12-14H2,1-3H3,(H2,23,24,25);1H. The van der Waals surface area contributed by atoms with Gasteiger partial charge in [-0.1, -0.05) is 52.3 Å². The summed E-state index contributed by atoms with van der Waals surface area (Å²) in [5, 5.41) is 15.1. The van der Waals surface area contributed by atoms with E-state index in [1.54, 1.807) is 0 Å². The van der Waals surface area contributed by atoms with Gasteiger partial charge in [0, 0.05) is 18.1 Å². The number of halogens is 2. The molecule has 1 aromatic heterocycles. The van der Waals surface area contributed by atoms with Gasteiger partial charge in [0.2, 0.25) is 0 Å². The zero-order valence-electron chi connectivity index (χ0n) is 16.8. The second-order valence-corrected chi connectivity index (χ2v) is 7.57. The van der Waals surface area contributed by atoms with Crippen LogP contribution in [0.3, 0.4) is 0 Å². The maximum Gasteiger partial charge on any atom is 0.192 e. The first-order chi connectivity index (χ1) is 13.5. The summed E-state index contributed by atoms with van der Waals surface area (Å²) < 4.78 is 3.06. The van der Waals surface area contributed by atoms with Crippen molar-refractivity contribution in [3.8, 4) is 0 Å². The zero-order chi connectivity index (χ0) is 19.9. The van der Waals surface area contributed by atoms with Crippen LogP contribution < -0.4 is 10.6 Å². The number of aliphatic imine (C=N–C) groups is 1. The molecule has 8 heteroatoms. The van der Waals surface area contributed by atoms with Gasteiger partial charge in [-0.2, -0.15) is 0 Å². The highest BCUT2D eigenvalue weighted by Gasteiger charge is 2.07. The van der Waals surface area contributed by atoms with Crippen molar-refractivity contribution < 1.29 is 0 Å². The fraction of sp³-hybridized carbons (Fsp3) is 0.286.